The van der Waals surface area contributed by atoms with Gasteiger partial charge in [0.05, 0.1) is 17.5 Å². The molecule has 0 aromatic heterocycles. The highest BCUT2D eigenvalue weighted by atomic mass is 32.2. The van der Waals surface area contributed by atoms with Crippen LogP contribution in [-0.4, -0.2) is 32.2 Å². The lowest BCUT2D eigenvalue weighted by Gasteiger charge is -2.22. The van der Waals surface area contributed by atoms with Gasteiger partial charge < -0.3 is 5.32 Å². The topological polar surface area (TPSA) is 66.5 Å². The van der Waals surface area contributed by atoms with Crippen molar-refractivity contribution in [3.05, 3.63) is 101 Å². The summed E-state index contributed by atoms with van der Waals surface area (Å²) in [7, 11) is -2.33. The van der Waals surface area contributed by atoms with Crippen LogP contribution in [0.1, 0.15) is 28.3 Å². The number of likely N-dealkylation sites (N-methyl/N-ethyl adjacent to an activating group) is 1. The average Bonchev–Trinajstić information content (AvgIpc) is 2.73. The van der Waals surface area contributed by atoms with E-state index in [1.165, 1.54) is 7.05 Å². The highest BCUT2D eigenvalue weighted by Gasteiger charge is 2.24. The third-order valence-corrected chi connectivity index (χ3v) is 6.76. The summed E-state index contributed by atoms with van der Waals surface area (Å²) in [5.74, 6) is -0.373. The molecule has 0 spiro atoms. The Morgan fingerprint density at radius 2 is 1.33 bits per heavy atom. The summed E-state index contributed by atoms with van der Waals surface area (Å²) in [4.78, 5) is 13.0. The predicted octanol–water partition coefficient (Wildman–Crippen LogP) is 3.83. The zero-order valence-electron chi connectivity index (χ0n) is 17.4. The Hall–Kier alpha value is -2.96. The standard InChI is InChI=1S/C24H26N2O3S/c1-18-9-13-21(14-10-18)24(20-7-5-4-6-8-20)25-23(27)17-26(3)30(28,29)22-15-11-19(2)12-16-22/h4-16,24H,17H2,1-3H3,(H,25,27)/t24-/m0/s1. The fourth-order valence-corrected chi connectivity index (χ4v) is 4.27. The highest BCUT2D eigenvalue weighted by Crippen LogP contribution is 2.23. The number of hydrogen-bond donors (Lipinski definition) is 1. The molecule has 1 amide bonds. The summed E-state index contributed by atoms with van der Waals surface area (Å²) in [5, 5.41) is 2.99. The number of carbonyl (C=O) groups is 1. The monoisotopic (exact) mass is 422 g/mol. The van der Waals surface area contributed by atoms with Crippen LogP contribution in [-0.2, 0) is 14.8 Å². The van der Waals surface area contributed by atoms with E-state index >= 15 is 0 Å². The van der Waals surface area contributed by atoms with E-state index in [9.17, 15) is 13.2 Å². The van der Waals surface area contributed by atoms with Gasteiger partial charge >= 0.3 is 0 Å². The normalized spacial score (nSPS) is 12.5. The summed E-state index contributed by atoms with van der Waals surface area (Å²) in [5.41, 5.74) is 3.96. The number of carbonyl (C=O) groups excluding carboxylic acids is 1. The first-order chi connectivity index (χ1) is 14.3. The fraction of sp³-hybridized carbons (Fsp3) is 0.208. The minimum Gasteiger partial charge on any atom is -0.344 e. The summed E-state index contributed by atoms with van der Waals surface area (Å²) in [6.07, 6.45) is 0. The Bertz CT molecular complexity index is 1090. The van der Waals surface area contributed by atoms with Crippen LogP contribution in [0.5, 0.6) is 0 Å². The van der Waals surface area contributed by atoms with Crippen molar-refractivity contribution < 1.29 is 13.2 Å². The van der Waals surface area contributed by atoms with Crippen molar-refractivity contribution in [2.75, 3.05) is 13.6 Å². The van der Waals surface area contributed by atoms with Crippen LogP contribution in [0.4, 0.5) is 0 Å². The zero-order chi connectivity index (χ0) is 21.7. The maximum atomic E-state index is 12.8. The van der Waals surface area contributed by atoms with Gasteiger partial charge in [-0.2, -0.15) is 4.31 Å². The minimum absolute atomic E-state index is 0.168. The second-order valence-corrected chi connectivity index (χ2v) is 9.44. The van der Waals surface area contributed by atoms with Crippen LogP contribution in [0.3, 0.4) is 0 Å². The van der Waals surface area contributed by atoms with Crippen LogP contribution in [0.2, 0.25) is 0 Å². The summed E-state index contributed by atoms with van der Waals surface area (Å²) in [6, 6.07) is 23.8. The Balaban J connectivity index is 1.79. The van der Waals surface area contributed by atoms with Gasteiger partial charge in [0.25, 0.3) is 0 Å². The average molecular weight is 423 g/mol. The van der Waals surface area contributed by atoms with Crippen molar-refractivity contribution in [3.8, 4) is 0 Å². The molecule has 0 radical (unpaired) electrons. The molecule has 1 N–H and O–H groups in total. The Kier molecular flexibility index (Phi) is 6.70. The quantitative estimate of drug-likeness (QED) is 0.629. The number of amides is 1. The molecule has 3 aromatic carbocycles. The van der Waals surface area contributed by atoms with E-state index in [-0.39, 0.29) is 23.4 Å². The van der Waals surface area contributed by atoms with E-state index < -0.39 is 10.0 Å². The number of hydrogen-bond acceptors (Lipinski definition) is 3. The summed E-state index contributed by atoms with van der Waals surface area (Å²) >= 11 is 0. The predicted molar refractivity (Wildman–Crippen MR) is 119 cm³/mol. The van der Waals surface area contributed by atoms with E-state index in [0.29, 0.717) is 0 Å². The van der Waals surface area contributed by atoms with Gasteiger partial charge in [0, 0.05) is 7.05 Å². The molecular formula is C24H26N2O3S. The number of aryl methyl sites for hydroxylation is 2. The first-order valence-corrected chi connectivity index (χ1v) is 11.2. The number of nitrogens with zero attached hydrogens (tertiary/aromatic N) is 1. The lowest BCUT2D eigenvalue weighted by Crippen LogP contribution is -2.40. The first kappa shape index (κ1) is 21.7. The van der Waals surface area contributed by atoms with Crippen LogP contribution in [0.15, 0.2) is 83.8 Å². The van der Waals surface area contributed by atoms with Gasteiger partial charge in [-0.1, -0.05) is 77.9 Å². The molecule has 5 nitrogen and oxygen atoms in total. The van der Waals surface area contributed by atoms with Crippen molar-refractivity contribution in [1.82, 2.24) is 9.62 Å². The third-order valence-electron chi connectivity index (χ3n) is 4.94. The van der Waals surface area contributed by atoms with Crippen molar-refractivity contribution in [1.29, 1.82) is 0 Å². The Morgan fingerprint density at radius 1 is 0.833 bits per heavy atom. The molecule has 6 heteroatoms. The second kappa shape index (κ2) is 9.24. The minimum atomic E-state index is -3.75. The van der Waals surface area contributed by atoms with Gasteiger partial charge in [-0.05, 0) is 37.1 Å². The zero-order valence-corrected chi connectivity index (χ0v) is 18.2. The van der Waals surface area contributed by atoms with Gasteiger partial charge in [-0.25, -0.2) is 8.42 Å². The molecule has 0 bridgehead atoms. The van der Waals surface area contributed by atoms with Crippen LogP contribution in [0, 0.1) is 13.8 Å². The third kappa shape index (κ3) is 5.14. The molecule has 3 rings (SSSR count). The number of rotatable bonds is 7. The van der Waals surface area contributed by atoms with Gasteiger partial charge in [0.1, 0.15) is 0 Å². The molecule has 0 saturated carbocycles. The molecule has 0 heterocycles. The summed E-state index contributed by atoms with van der Waals surface area (Å²) < 4.78 is 26.6. The van der Waals surface area contributed by atoms with Crippen molar-refractivity contribution in [2.24, 2.45) is 0 Å². The maximum Gasteiger partial charge on any atom is 0.243 e. The SMILES string of the molecule is Cc1ccc([C@@H](NC(=O)CN(C)S(=O)(=O)c2ccc(C)cc2)c2ccccc2)cc1. The molecule has 0 unspecified atom stereocenters. The van der Waals surface area contributed by atoms with E-state index in [1.807, 2.05) is 68.4 Å². The largest absolute Gasteiger partial charge is 0.344 e. The molecule has 0 aliphatic heterocycles. The molecule has 0 fully saturated rings. The van der Waals surface area contributed by atoms with E-state index in [0.717, 1.165) is 26.6 Å². The molecule has 156 valence electrons. The number of benzene rings is 3. The smallest absolute Gasteiger partial charge is 0.243 e. The van der Waals surface area contributed by atoms with Crippen molar-refractivity contribution in [3.63, 3.8) is 0 Å². The molecule has 3 aromatic rings. The molecule has 0 aliphatic rings. The van der Waals surface area contributed by atoms with Crippen LogP contribution >= 0.6 is 0 Å². The lowest BCUT2D eigenvalue weighted by molar-refractivity contribution is -0.121. The maximum absolute atomic E-state index is 12.8. The van der Waals surface area contributed by atoms with E-state index in [4.69, 9.17) is 0 Å². The van der Waals surface area contributed by atoms with Crippen molar-refractivity contribution in [2.45, 2.75) is 24.8 Å². The van der Waals surface area contributed by atoms with Gasteiger partial charge in [0.2, 0.25) is 15.9 Å². The summed E-state index contributed by atoms with van der Waals surface area (Å²) in [6.45, 7) is 3.62. The fourth-order valence-electron chi connectivity index (χ4n) is 3.15. The van der Waals surface area contributed by atoms with Gasteiger partial charge in [-0.3, -0.25) is 4.79 Å². The molecule has 0 aliphatic carbocycles. The Labute approximate surface area is 178 Å². The highest BCUT2D eigenvalue weighted by molar-refractivity contribution is 7.89. The van der Waals surface area contributed by atoms with Crippen LogP contribution < -0.4 is 5.32 Å². The molecule has 30 heavy (non-hydrogen) atoms. The molecule has 0 saturated heterocycles. The van der Waals surface area contributed by atoms with Gasteiger partial charge in [0.15, 0.2) is 0 Å². The first-order valence-electron chi connectivity index (χ1n) is 9.71. The molecule has 1 atom stereocenters. The van der Waals surface area contributed by atoms with Crippen molar-refractivity contribution >= 4 is 15.9 Å². The lowest BCUT2D eigenvalue weighted by atomic mass is 9.98. The number of sulfonamides is 1. The number of nitrogens with one attached hydrogen (secondary N) is 1. The van der Waals surface area contributed by atoms with Gasteiger partial charge in [-0.15, -0.1) is 0 Å². The molecular weight excluding hydrogens is 396 g/mol. The Morgan fingerprint density at radius 3 is 1.90 bits per heavy atom. The van der Waals surface area contributed by atoms with Crippen LogP contribution in [0.25, 0.3) is 0 Å². The van der Waals surface area contributed by atoms with E-state index in [1.54, 1.807) is 24.3 Å². The van der Waals surface area contributed by atoms with E-state index in [2.05, 4.69) is 5.32 Å². The second-order valence-electron chi connectivity index (χ2n) is 7.40.